The second-order valence-electron chi connectivity index (χ2n) is 8.37. The number of benzene rings is 2. The summed E-state index contributed by atoms with van der Waals surface area (Å²) in [5, 5.41) is 5.63. The van der Waals surface area contributed by atoms with Gasteiger partial charge in [-0.05, 0) is 82.4 Å². The average molecular weight is 463 g/mol. The standard InChI is InChI=1S/C24H29F3N4O2/c1-30(2)13-5-12-28-23(33)20-16-19(10-11-21(20)31-14-3-4-15-31)29-22(32)17-6-8-18(9-7-17)24(25,26)27/h6-11,16H,3-5,12-15H2,1-2H3,(H,28,33)(H,29,32). The normalized spacial score (nSPS) is 13.9. The Morgan fingerprint density at radius 1 is 1.00 bits per heavy atom. The fourth-order valence-electron chi connectivity index (χ4n) is 3.74. The van der Waals surface area contributed by atoms with E-state index in [0.29, 0.717) is 17.8 Å². The van der Waals surface area contributed by atoms with E-state index in [1.54, 1.807) is 12.1 Å². The first kappa shape index (κ1) is 24.6. The Hall–Kier alpha value is -3.07. The molecule has 6 nitrogen and oxygen atoms in total. The molecule has 0 radical (unpaired) electrons. The van der Waals surface area contributed by atoms with Gasteiger partial charge in [0.15, 0.2) is 0 Å². The van der Waals surface area contributed by atoms with E-state index < -0.39 is 17.6 Å². The van der Waals surface area contributed by atoms with Crippen LogP contribution in [-0.4, -0.2) is 57.0 Å². The van der Waals surface area contributed by atoms with Gasteiger partial charge in [0.05, 0.1) is 11.1 Å². The van der Waals surface area contributed by atoms with Crippen LogP contribution in [0.15, 0.2) is 42.5 Å². The molecule has 1 heterocycles. The quantitative estimate of drug-likeness (QED) is 0.576. The monoisotopic (exact) mass is 462 g/mol. The lowest BCUT2D eigenvalue weighted by atomic mass is 10.1. The van der Waals surface area contributed by atoms with Crippen molar-refractivity contribution in [1.82, 2.24) is 10.2 Å². The molecule has 0 atom stereocenters. The minimum absolute atomic E-state index is 0.0984. The van der Waals surface area contributed by atoms with E-state index in [2.05, 4.69) is 15.5 Å². The van der Waals surface area contributed by atoms with Crippen LogP contribution in [0.1, 0.15) is 45.5 Å². The van der Waals surface area contributed by atoms with Gasteiger partial charge in [-0.3, -0.25) is 9.59 Å². The molecule has 0 bridgehead atoms. The molecule has 0 aliphatic carbocycles. The number of carbonyl (C=O) groups excluding carboxylic acids is 2. The number of alkyl halides is 3. The largest absolute Gasteiger partial charge is 0.416 e. The molecular formula is C24H29F3N4O2. The second kappa shape index (κ2) is 10.7. The van der Waals surface area contributed by atoms with Crippen molar-refractivity contribution in [3.05, 3.63) is 59.2 Å². The van der Waals surface area contributed by atoms with Crippen LogP contribution in [0.2, 0.25) is 0 Å². The SMILES string of the molecule is CN(C)CCCNC(=O)c1cc(NC(=O)c2ccc(C(F)(F)F)cc2)ccc1N1CCCC1. The Morgan fingerprint density at radius 3 is 2.27 bits per heavy atom. The summed E-state index contributed by atoms with van der Waals surface area (Å²) in [6.07, 6.45) is -1.55. The molecule has 0 spiro atoms. The van der Waals surface area contributed by atoms with Crippen molar-refractivity contribution in [2.24, 2.45) is 0 Å². The third-order valence-electron chi connectivity index (χ3n) is 5.49. The average Bonchev–Trinajstić information content (AvgIpc) is 3.30. The van der Waals surface area contributed by atoms with Crippen LogP contribution in [0.4, 0.5) is 24.5 Å². The number of nitrogens with one attached hydrogen (secondary N) is 2. The molecule has 1 aliphatic rings. The maximum atomic E-state index is 12.9. The van der Waals surface area contributed by atoms with Crippen LogP contribution in [-0.2, 0) is 6.18 Å². The summed E-state index contributed by atoms with van der Waals surface area (Å²) in [7, 11) is 3.94. The molecule has 1 aliphatic heterocycles. The van der Waals surface area contributed by atoms with Gasteiger partial charge in [0.1, 0.15) is 0 Å². The van der Waals surface area contributed by atoms with E-state index in [1.165, 1.54) is 0 Å². The summed E-state index contributed by atoms with van der Waals surface area (Å²) in [5.74, 6) is -0.767. The third kappa shape index (κ3) is 6.71. The van der Waals surface area contributed by atoms with E-state index in [1.807, 2.05) is 25.1 Å². The van der Waals surface area contributed by atoms with Crippen molar-refractivity contribution in [1.29, 1.82) is 0 Å². The lowest BCUT2D eigenvalue weighted by Crippen LogP contribution is -2.29. The van der Waals surface area contributed by atoms with Gasteiger partial charge in [0, 0.05) is 36.6 Å². The van der Waals surface area contributed by atoms with E-state index in [-0.39, 0.29) is 11.5 Å². The molecule has 3 rings (SSSR count). The van der Waals surface area contributed by atoms with Crippen LogP contribution >= 0.6 is 0 Å². The smallest absolute Gasteiger partial charge is 0.371 e. The van der Waals surface area contributed by atoms with Crippen molar-refractivity contribution < 1.29 is 22.8 Å². The molecule has 0 unspecified atom stereocenters. The van der Waals surface area contributed by atoms with Gasteiger partial charge in [-0.2, -0.15) is 13.2 Å². The maximum absolute atomic E-state index is 12.9. The van der Waals surface area contributed by atoms with Crippen molar-refractivity contribution in [3.8, 4) is 0 Å². The summed E-state index contributed by atoms with van der Waals surface area (Å²) in [5.41, 5.74) is 0.960. The lowest BCUT2D eigenvalue weighted by Gasteiger charge is -2.22. The first-order valence-electron chi connectivity index (χ1n) is 11.0. The van der Waals surface area contributed by atoms with Crippen LogP contribution in [0.3, 0.4) is 0 Å². The summed E-state index contributed by atoms with van der Waals surface area (Å²) < 4.78 is 38.3. The van der Waals surface area contributed by atoms with Crippen LogP contribution in [0.5, 0.6) is 0 Å². The molecule has 0 aromatic heterocycles. The Bertz CT molecular complexity index is 969. The molecule has 1 fully saturated rings. The molecule has 2 amide bonds. The Balaban J connectivity index is 1.76. The zero-order valence-electron chi connectivity index (χ0n) is 18.8. The Kier molecular flexibility index (Phi) is 7.97. The number of hydrogen-bond acceptors (Lipinski definition) is 4. The highest BCUT2D eigenvalue weighted by molar-refractivity contribution is 6.06. The van der Waals surface area contributed by atoms with Gasteiger partial charge in [-0.1, -0.05) is 0 Å². The second-order valence-corrected chi connectivity index (χ2v) is 8.37. The Morgan fingerprint density at radius 2 is 1.67 bits per heavy atom. The van der Waals surface area contributed by atoms with E-state index in [0.717, 1.165) is 68.8 Å². The number of anilines is 2. The van der Waals surface area contributed by atoms with Gasteiger partial charge in [0.2, 0.25) is 0 Å². The van der Waals surface area contributed by atoms with Crippen molar-refractivity contribution in [3.63, 3.8) is 0 Å². The maximum Gasteiger partial charge on any atom is 0.416 e. The van der Waals surface area contributed by atoms with Gasteiger partial charge >= 0.3 is 6.18 Å². The molecule has 2 aromatic rings. The van der Waals surface area contributed by atoms with E-state index in [4.69, 9.17) is 0 Å². The van der Waals surface area contributed by atoms with Gasteiger partial charge in [-0.15, -0.1) is 0 Å². The minimum Gasteiger partial charge on any atom is -0.371 e. The molecule has 1 saturated heterocycles. The zero-order valence-corrected chi connectivity index (χ0v) is 18.8. The molecular weight excluding hydrogens is 433 g/mol. The summed E-state index contributed by atoms with van der Waals surface area (Å²) in [6.45, 7) is 3.09. The van der Waals surface area contributed by atoms with Crippen molar-refractivity contribution in [2.45, 2.75) is 25.4 Å². The van der Waals surface area contributed by atoms with Crippen LogP contribution in [0, 0.1) is 0 Å². The number of carbonyl (C=O) groups is 2. The predicted octanol–water partition coefficient (Wildman–Crippen LogP) is 4.24. The molecule has 178 valence electrons. The van der Waals surface area contributed by atoms with Crippen molar-refractivity contribution in [2.75, 3.05) is 50.5 Å². The van der Waals surface area contributed by atoms with Gasteiger partial charge in [-0.25, -0.2) is 0 Å². The highest BCUT2D eigenvalue weighted by Crippen LogP contribution is 2.30. The molecule has 2 N–H and O–H groups in total. The van der Waals surface area contributed by atoms with Gasteiger partial charge in [0.25, 0.3) is 11.8 Å². The zero-order chi connectivity index (χ0) is 24.0. The molecule has 9 heteroatoms. The van der Waals surface area contributed by atoms with Gasteiger partial charge < -0.3 is 20.4 Å². The highest BCUT2D eigenvalue weighted by atomic mass is 19.4. The predicted molar refractivity (Wildman–Crippen MR) is 123 cm³/mol. The summed E-state index contributed by atoms with van der Waals surface area (Å²) in [6, 6.07) is 9.15. The molecule has 0 saturated carbocycles. The fraction of sp³-hybridized carbons (Fsp3) is 0.417. The van der Waals surface area contributed by atoms with Crippen molar-refractivity contribution >= 4 is 23.2 Å². The molecule has 2 aromatic carbocycles. The van der Waals surface area contributed by atoms with E-state index in [9.17, 15) is 22.8 Å². The lowest BCUT2D eigenvalue weighted by molar-refractivity contribution is -0.137. The topological polar surface area (TPSA) is 64.7 Å². The summed E-state index contributed by atoms with van der Waals surface area (Å²) >= 11 is 0. The first-order valence-corrected chi connectivity index (χ1v) is 11.0. The first-order chi connectivity index (χ1) is 15.6. The number of rotatable bonds is 8. The third-order valence-corrected chi connectivity index (χ3v) is 5.49. The van der Waals surface area contributed by atoms with Crippen LogP contribution in [0.25, 0.3) is 0 Å². The number of hydrogen-bond donors (Lipinski definition) is 2. The fourth-order valence-corrected chi connectivity index (χ4v) is 3.74. The van der Waals surface area contributed by atoms with Crippen LogP contribution < -0.4 is 15.5 Å². The molecule has 33 heavy (non-hydrogen) atoms. The number of halogens is 3. The summed E-state index contributed by atoms with van der Waals surface area (Å²) in [4.78, 5) is 29.7. The Labute approximate surface area is 191 Å². The van der Waals surface area contributed by atoms with E-state index >= 15 is 0 Å². The minimum atomic E-state index is -4.46. The number of amides is 2. The highest BCUT2D eigenvalue weighted by Gasteiger charge is 2.30. The number of nitrogens with zero attached hydrogens (tertiary/aromatic N) is 2.